The third kappa shape index (κ3) is 5.05. The lowest BCUT2D eigenvalue weighted by molar-refractivity contribution is -0.115. The van der Waals surface area contributed by atoms with E-state index in [1.807, 2.05) is 18.2 Å². The van der Waals surface area contributed by atoms with Gasteiger partial charge in [-0.3, -0.25) is 4.79 Å². The molecule has 1 amide bonds. The van der Waals surface area contributed by atoms with Crippen LogP contribution in [0.25, 0.3) is 0 Å². The highest BCUT2D eigenvalue weighted by molar-refractivity contribution is 5.94. The lowest BCUT2D eigenvalue weighted by Crippen LogP contribution is -2.24. The molecule has 0 unspecified atom stereocenters. The summed E-state index contributed by atoms with van der Waals surface area (Å²) in [6.45, 7) is 1.12. The van der Waals surface area contributed by atoms with Crippen LogP contribution in [0.15, 0.2) is 24.3 Å². The summed E-state index contributed by atoms with van der Waals surface area (Å²) in [7, 11) is 1.59. The van der Waals surface area contributed by atoms with E-state index < -0.39 is 0 Å². The van der Waals surface area contributed by atoms with Crippen molar-refractivity contribution in [3.8, 4) is 17.6 Å². The third-order valence-corrected chi connectivity index (χ3v) is 2.06. The molecule has 0 aliphatic heterocycles. The number of methoxy groups -OCH3 is 1. The second-order valence-corrected chi connectivity index (χ2v) is 3.38. The van der Waals surface area contributed by atoms with Crippen molar-refractivity contribution < 1.29 is 9.53 Å². The summed E-state index contributed by atoms with van der Waals surface area (Å²) < 4.78 is 5.06. The van der Waals surface area contributed by atoms with Gasteiger partial charge in [-0.05, 0) is 31.2 Å². The van der Waals surface area contributed by atoms with E-state index in [9.17, 15) is 4.79 Å². The van der Waals surface area contributed by atoms with Crippen LogP contribution in [0.4, 0.5) is 0 Å². The number of nitrogens with two attached hydrogens (primary N) is 1. The van der Waals surface area contributed by atoms with E-state index in [0.717, 1.165) is 17.7 Å². The normalized spacial score (nSPS) is 9.06. The van der Waals surface area contributed by atoms with Gasteiger partial charge in [-0.25, -0.2) is 0 Å². The molecular weight excluding hydrogens is 216 g/mol. The largest absolute Gasteiger partial charge is 0.497 e. The Hall–Kier alpha value is -1.99. The smallest absolute Gasteiger partial charge is 0.296 e. The summed E-state index contributed by atoms with van der Waals surface area (Å²) in [5.74, 6) is 5.72. The van der Waals surface area contributed by atoms with E-state index >= 15 is 0 Å². The molecule has 0 aromatic heterocycles. The van der Waals surface area contributed by atoms with Gasteiger partial charge in [0.15, 0.2) is 0 Å². The minimum Gasteiger partial charge on any atom is -0.497 e. The zero-order valence-electron chi connectivity index (χ0n) is 9.82. The summed E-state index contributed by atoms with van der Waals surface area (Å²) in [5.41, 5.74) is 6.06. The minimum atomic E-state index is -0.290. The average molecular weight is 232 g/mol. The van der Waals surface area contributed by atoms with E-state index in [1.54, 1.807) is 13.2 Å². The maximum atomic E-state index is 11.3. The zero-order chi connectivity index (χ0) is 12.5. The fraction of sp³-hybridized carbons (Fsp3) is 0.308. The fourth-order valence-electron chi connectivity index (χ4n) is 1.18. The molecule has 1 rings (SSSR count). The second kappa shape index (κ2) is 7.31. The predicted molar refractivity (Wildman–Crippen MR) is 66.6 cm³/mol. The van der Waals surface area contributed by atoms with Crippen molar-refractivity contribution in [1.82, 2.24) is 5.32 Å². The molecule has 0 aliphatic rings. The third-order valence-electron chi connectivity index (χ3n) is 2.06. The number of benzene rings is 1. The molecule has 90 valence electrons. The maximum Gasteiger partial charge on any atom is 0.296 e. The first-order valence-electron chi connectivity index (χ1n) is 5.40. The zero-order valence-corrected chi connectivity index (χ0v) is 9.82. The average Bonchev–Trinajstić information content (AvgIpc) is 2.37. The molecule has 4 heteroatoms. The highest BCUT2D eigenvalue weighted by Crippen LogP contribution is 2.10. The van der Waals surface area contributed by atoms with E-state index in [-0.39, 0.29) is 5.91 Å². The summed E-state index contributed by atoms with van der Waals surface area (Å²) in [6, 6.07) is 7.25. The Kier molecular flexibility index (Phi) is 5.62. The van der Waals surface area contributed by atoms with E-state index in [2.05, 4.69) is 17.2 Å². The lowest BCUT2D eigenvalue weighted by atomic mass is 10.2. The first-order chi connectivity index (χ1) is 8.26. The topological polar surface area (TPSA) is 64.3 Å². The van der Waals surface area contributed by atoms with Crippen LogP contribution in [0.1, 0.15) is 12.0 Å². The molecule has 3 N–H and O–H groups in total. The van der Waals surface area contributed by atoms with Crippen LogP contribution in [-0.4, -0.2) is 26.1 Å². The number of carbonyl (C=O) groups excluding carboxylic acids is 1. The number of ether oxygens (including phenoxy) is 1. The molecule has 0 radical (unpaired) electrons. The van der Waals surface area contributed by atoms with Crippen molar-refractivity contribution >= 4 is 5.91 Å². The van der Waals surface area contributed by atoms with E-state index in [0.29, 0.717) is 13.1 Å². The van der Waals surface area contributed by atoms with Gasteiger partial charge < -0.3 is 15.8 Å². The molecule has 17 heavy (non-hydrogen) atoms. The van der Waals surface area contributed by atoms with Crippen molar-refractivity contribution in [1.29, 1.82) is 0 Å². The minimum absolute atomic E-state index is 0.290. The van der Waals surface area contributed by atoms with Crippen LogP contribution in [0.2, 0.25) is 0 Å². The molecule has 0 saturated heterocycles. The lowest BCUT2D eigenvalue weighted by Gasteiger charge is -1.99. The molecule has 1 aromatic rings. The molecule has 0 bridgehead atoms. The van der Waals surface area contributed by atoms with Crippen molar-refractivity contribution in [3.05, 3.63) is 29.8 Å². The van der Waals surface area contributed by atoms with Crippen molar-refractivity contribution in [2.24, 2.45) is 5.73 Å². The first kappa shape index (κ1) is 13.1. The SMILES string of the molecule is COc1cccc(C#CC(=O)NCCCN)c1. The summed E-state index contributed by atoms with van der Waals surface area (Å²) in [4.78, 5) is 11.3. The van der Waals surface area contributed by atoms with Gasteiger partial charge >= 0.3 is 0 Å². The van der Waals surface area contributed by atoms with Gasteiger partial charge in [-0.15, -0.1) is 0 Å². The molecule has 0 fully saturated rings. The van der Waals surface area contributed by atoms with Gasteiger partial charge in [0.1, 0.15) is 5.75 Å². The van der Waals surface area contributed by atoms with Gasteiger partial charge in [0.05, 0.1) is 7.11 Å². The second-order valence-electron chi connectivity index (χ2n) is 3.38. The number of hydrogen-bond acceptors (Lipinski definition) is 3. The Balaban J connectivity index is 2.55. The van der Waals surface area contributed by atoms with E-state index in [4.69, 9.17) is 10.5 Å². The van der Waals surface area contributed by atoms with E-state index in [1.165, 1.54) is 0 Å². The molecule has 0 aliphatic carbocycles. The van der Waals surface area contributed by atoms with Gasteiger partial charge in [-0.1, -0.05) is 12.0 Å². The monoisotopic (exact) mass is 232 g/mol. The first-order valence-corrected chi connectivity index (χ1v) is 5.40. The predicted octanol–water partition coefficient (Wildman–Crippen LogP) is 0.512. The molecule has 0 heterocycles. The van der Waals surface area contributed by atoms with Crippen molar-refractivity contribution in [2.45, 2.75) is 6.42 Å². The highest BCUT2D eigenvalue weighted by atomic mass is 16.5. The molecule has 0 atom stereocenters. The Bertz CT molecular complexity index is 433. The quantitative estimate of drug-likeness (QED) is 0.587. The number of amides is 1. The fourth-order valence-corrected chi connectivity index (χ4v) is 1.18. The van der Waals surface area contributed by atoms with Crippen LogP contribution in [0.5, 0.6) is 5.75 Å². The highest BCUT2D eigenvalue weighted by Gasteiger charge is 1.94. The number of nitrogens with one attached hydrogen (secondary N) is 1. The van der Waals surface area contributed by atoms with Crippen LogP contribution in [-0.2, 0) is 4.79 Å². The standard InChI is InChI=1S/C13H16N2O2/c1-17-12-5-2-4-11(10-12)6-7-13(16)15-9-3-8-14/h2,4-5,10H,3,8-9,14H2,1H3,(H,15,16). The summed E-state index contributed by atoms with van der Waals surface area (Å²) >= 11 is 0. The molecular formula is C13H16N2O2. The Labute approximate surface area is 101 Å². The molecule has 4 nitrogen and oxygen atoms in total. The van der Waals surface area contributed by atoms with Gasteiger partial charge in [0.2, 0.25) is 0 Å². The molecule has 1 aromatic carbocycles. The Morgan fingerprint density at radius 3 is 3.06 bits per heavy atom. The number of carbonyl (C=O) groups is 1. The van der Waals surface area contributed by atoms with Crippen molar-refractivity contribution in [2.75, 3.05) is 20.2 Å². The molecule has 0 saturated carbocycles. The van der Waals surface area contributed by atoms with Crippen LogP contribution in [0.3, 0.4) is 0 Å². The molecule has 0 spiro atoms. The van der Waals surface area contributed by atoms with Crippen LogP contribution in [0, 0.1) is 11.8 Å². The number of hydrogen-bond donors (Lipinski definition) is 2. The Morgan fingerprint density at radius 1 is 1.53 bits per heavy atom. The number of rotatable bonds is 4. The Morgan fingerprint density at radius 2 is 2.35 bits per heavy atom. The summed E-state index contributed by atoms with van der Waals surface area (Å²) in [5, 5.41) is 2.66. The summed E-state index contributed by atoms with van der Waals surface area (Å²) in [6.07, 6.45) is 0.757. The van der Waals surface area contributed by atoms with Crippen LogP contribution < -0.4 is 15.8 Å². The van der Waals surface area contributed by atoms with Gasteiger partial charge in [-0.2, -0.15) is 0 Å². The van der Waals surface area contributed by atoms with Crippen LogP contribution >= 0.6 is 0 Å². The van der Waals surface area contributed by atoms with Crippen molar-refractivity contribution in [3.63, 3.8) is 0 Å². The van der Waals surface area contributed by atoms with Gasteiger partial charge in [0.25, 0.3) is 5.91 Å². The maximum absolute atomic E-state index is 11.3. The van der Waals surface area contributed by atoms with Gasteiger partial charge in [0, 0.05) is 18.0 Å².